The maximum Gasteiger partial charge on any atom is 0.236 e. The van der Waals surface area contributed by atoms with Gasteiger partial charge in [0, 0.05) is 50.4 Å². The van der Waals surface area contributed by atoms with E-state index in [1.54, 1.807) is 12.1 Å². The summed E-state index contributed by atoms with van der Waals surface area (Å²) in [5, 5.41) is 21.9. The first-order valence-electron chi connectivity index (χ1n) is 16.2. The summed E-state index contributed by atoms with van der Waals surface area (Å²) in [4.78, 5) is 28.3. The normalized spacial score (nSPS) is 19.0. The predicted octanol–water partition coefficient (Wildman–Crippen LogP) is 4.24. The molecule has 47 heavy (non-hydrogen) atoms. The number of rotatable bonds is 13. The van der Waals surface area contributed by atoms with E-state index in [4.69, 9.17) is 16.0 Å². The van der Waals surface area contributed by atoms with Gasteiger partial charge in [-0.1, -0.05) is 60.2 Å². The zero-order valence-electron chi connectivity index (χ0n) is 27.0. The van der Waals surface area contributed by atoms with Crippen molar-refractivity contribution in [1.29, 1.82) is 5.26 Å². The number of piperazine rings is 1. The molecule has 5 rings (SSSR count). The molecule has 1 aromatic heterocycles. The van der Waals surface area contributed by atoms with Crippen molar-refractivity contribution < 1.29 is 14.0 Å². The van der Waals surface area contributed by atoms with Crippen LogP contribution in [0.5, 0.6) is 0 Å². The molecule has 2 unspecified atom stereocenters. The van der Waals surface area contributed by atoms with Gasteiger partial charge in [-0.25, -0.2) is 0 Å². The Hall–Kier alpha value is -4.20. The fraction of sp³-hybridized carbons (Fsp3) is 0.378. The smallest absolute Gasteiger partial charge is 0.236 e. The molecule has 0 radical (unpaired) electrons. The molecule has 10 heteroatoms. The Morgan fingerprint density at radius 1 is 1.09 bits per heavy atom. The standard InChI is InChI=1S/C37H43ClN6O3/c1-25-3-9-29(10-4-25)26(2)42-23-32-12-14-35(47-32)30-11-13-34(38)33(20-30)37(46)43-31(19-27-5-7-28(21-39)8-6-27)22-41-24-36(45)44-17-15-40-16-18-44/h3-14,20,26,31,33-34,40-42H,15-19,22-24H2,1-2H3,(H,43,46)/t26-,31-,33?,34?/m1/s1. The molecule has 0 saturated carbocycles. The highest BCUT2D eigenvalue weighted by atomic mass is 35.5. The molecule has 4 atom stereocenters. The lowest BCUT2D eigenvalue weighted by atomic mass is 9.93. The van der Waals surface area contributed by atoms with Crippen LogP contribution in [0.3, 0.4) is 0 Å². The Morgan fingerprint density at radius 2 is 1.83 bits per heavy atom. The molecule has 2 heterocycles. The summed E-state index contributed by atoms with van der Waals surface area (Å²) in [5.41, 5.74) is 4.78. The maximum atomic E-state index is 13.7. The summed E-state index contributed by atoms with van der Waals surface area (Å²) in [5.74, 6) is 0.686. The van der Waals surface area contributed by atoms with Crippen molar-refractivity contribution in [3.05, 3.63) is 113 Å². The van der Waals surface area contributed by atoms with Gasteiger partial charge in [-0.15, -0.1) is 11.6 Å². The van der Waals surface area contributed by atoms with Gasteiger partial charge in [0.2, 0.25) is 11.8 Å². The number of nitrogens with zero attached hydrogens (tertiary/aromatic N) is 2. The first-order valence-corrected chi connectivity index (χ1v) is 16.6. The Kier molecular flexibility index (Phi) is 12.0. The third-order valence-corrected chi connectivity index (χ3v) is 9.04. The fourth-order valence-electron chi connectivity index (χ4n) is 5.75. The number of nitriles is 1. The third kappa shape index (κ3) is 9.66. The van der Waals surface area contributed by atoms with Gasteiger partial charge in [0.05, 0.1) is 36.0 Å². The number of aryl methyl sites for hydroxylation is 1. The van der Waals surface area contributed by atoms with Gasteiger partial charge in [-0.3, -0.25) is 9.59 Å². The van der Waals surface area contributed by atoms with E-state index in [1.165, 1.54) is 11.1 Å². The van der Waals surface area contributed by atoms with Crippen molar-refractivity contribution in [3.63, 3.8) is 0 Å². The molecule has 0 spiro atoms. The summed E-state index contributed by atoms with van der Waals surface area (Å²) >= 11 is 6.66. The lowest BCUT2D eigenvalue weighted by Crippen LogP contribution is -2.51. The van der Waals surface area contributed by atoms with Crippen LogP contribution in [0.2, 0.25) is 0 Å². The van der Waals surface area contributed by atoms with E-state index in [0.29, 0.717) is 43.9 Å². The number of hydrogen-bond donors (Lipinski definition) is 4. The topological polar surface area (TPSA) is 122 Å². The van der Waals surface area contributed by atoms with E-state index in [9.17, 15) is 14.9 Å². The second-order valence-electron chi connectivity index (χ2n) is 12.2. The number of furan rings is 1. The molecular weight excluding hydrogens is 612 g/mol. The number of halogens is 1. The van der Waals surface area contributed by atoms with E-state index >= 15 is 0 Å². The number of carbonyl (C=O) groups excluding carboxylic acids is 2. The number of benzene rings is 2. The SMILES string of the molecule is Cc1ccc([C@@H](C)NCc2ccc(C3=CC(C(=O)N[C@@H](CNCC(=O)N4CCNCC4)Cc4ccc(C#N)cc4)C(Cl)C=C3)o2)cc1. The van der Waals surface area contributed by atoms with Crippen LogP contribution in [0.1, 0.15) is 46.7 Å². The number of carbonyl (C=O) groups is 2. The quantitative estimate of drug-likeness (QED) is 0.204. The lowest BCUT2D eigenvalue weighted by molar-refractivity contribution is -0.130. The summed E-state index contributed by atoms with van der Waals surface area (Å²) in [6.07, 6.45) is 6.09. The van der Waals surface area contributed by atoms with Crippen LogP contribution in [-0.2, 0) is 22.6 Å². The minimum absolute atomic E-state index is 0.0402. The van der Waals surface area contributed by atoms with Gasteiger partial charge in [-0.05, 0) is 55.7 Å². The van der Waals surface area contributed by atoms with Crippen LogP contribution >= 0.6 is 11.6 Å². The first kappa shape index (κ1) is 34.1. The molecular formula is C37H43ClN6O3. The molecule has 1 saturated heterocycles. The van der Waals surface area contributed by atoms with Gasteiger partial charge >= 0.3 is 0 Å². The zero-order valence-corrected chi connectivity index (χ0v) is 27.7. The van der Waals surface area contributed by atoms with Gasteiger partial charge in [0.25, 0.3) is 0 Å². The Morgan fingerprint density at radius 3 is 2.55 bits per heavy atom. The molecule has 9 nitrogen and oxygen atoms in total. The van der Waals surface area contributed by atoms with E-state index in [1.807, 2.05) is 47.4 Å². The average Bonchev–Trinajstić information content (AvgIpc) is 3.57. The highest BCUT2D eigenvalue weighted by molar-refractivity contribution is 6.24. The highest BCUT2D eigenvalue weighted by Crippen LogP contribution is 2.29. The second-order valence-corrected chi connectivity index (χ2v) is 12.7. The lowest BCUT2D eigenvalue weighted by Gasteiger charge is -2.28. The fourth-order valence-corrected chi connectivity index (χ4v) is 6.01. The Labute approximate surface area is 282 Å². The van der Waals surface area contributed by atoms with E-state index in [2.05, 4.69) is 65.4 Å². The van der Waals surface area contributed by atoms with Gasteiger partial charge in [0.1, 0.15) is 11.5 Å². The maximum absolute atomic E-state index is 13.7. The molecule has 1 aliphatic carbocycles. The first-order chi connectivity index (χ1) is 22.8. The van der Waals surface area contributed by atoms with Crippen LogP contribution in [0.25, 0.3) is 5.57 Å². The van der Waals surface area contributed by atoms with Crippen molar-refractivity contribution in [2.75, 3.05) is 39.3 Å². The average molecular weight is 655 g/mol. The van der Waals surface area contributed by atoms with Crippen molar-refractivity contribution in [2.45, 2.75) is 44.3 Å². The van der Waals surface area contributed by atoms with Crippen LogP contribution in [0, 0.1) is 24.2 Å². The third-order valence-electron chi connectivity index (χ3n) is 8.62. The van der Waals surface area contributed by atoms with Crippen LogP contribution in [0.15, 0.2) is 83.3 Å². The van der Waals surface area contributed by atoms with Crippen molar-refractivity contribution in [1.82, 2.24) is 26.2 Å². The second kappa shape index (κ2) is 16.6. The predicted molar refractivity (Wildman–Crippen MR) is 185 cm³/mol. The zero-order chi connectivity index (χ0) is 33.2. The largest absolute Gasteiger partial charge is 0.460 e. The molecule has 1 aliphatic heterocycles. The molecule has 2 aliphatic rings. The molecule has 246 valence electrons. The Balaban J connectivity index is 1.22. The molecule has 4 N–H and O–H groups in total. The van der Waals surface area contributed by atoms with E-state index in [-0.39, 0.29) is 30.4 Å². The van der Waals surface area contributed by atoms with Crippen LogP contribution < -0.4 is 21.3 Å². The summed E-state index contributed by atoms with van der Waals surface area (Å²) in [6, 6.07) is 21.6. The molecule has 1 fully saturated rings. The number of nitrogens with one attached hydrogen (secondary N) is 4. The molecule has 2 aromatic carbocycles. The van der Waals surface area contributed by atoms with Crippen LogP contribution in [0.4, 0.5) is 0 Å². The summed E-state index contributed by atoms with van der Waals surface area (Å²) in [6.45, 7) is 8.30. The molecule has 3 aromatic rings. The van der Waals surface area contributed by atoms with Gasteiger partial charge in [-0.2, -0.15) is 5.26 Å². The van der Waals surface area contributed by atoms with Crippen LogP contribution in [-0.4, -0.2) is 67.4 Å². The van der Waals surface area contributed by atoms with Gasteiger partial charge < -0.3 is 30.6 Å². The summed E-state index contributed by atoms with van der Waals surface area (Å²) < 4.78 is 6.17. The van der Waals surface area contributed by atoms with Crippen molar-refractivity contribution >= 4 is 29.0 Å². The minimum Gasteiger partial charge on any atom is -0.460 e. The Bertz CT molecular complexity index is 1600. The number of hydrogen-bond acceptors (Lipinski definition) is 7. The van der Waals surface area contributed by atoms with Gasteiger partial charge in [0.15, 0.2) is 0 Å². The molecule has 2 amide bonds. The monoisotopic (exact) mass is 654 g/mol. The minimum atomic E-state index is -0.615. The summed E-state index contributed by atoms with van der Waals surface area (Å²) in [7, 11) is 0. The van der Waals surface area contributed by atoms with E-state index < -0.39 is 11.3 Å². The number of amides is 2. The highest BCUT2D eigenvalue weighted by Gasteiger charge is 2.29. The number of alkyl halides is 1. The van der Waals surface area contributed by atoms with E-state index in [0.717, 1.165) is 30.0 Å². The van der Waals surface area contributed by atoms with Crippen molar-refractivity contribution in [3.8, 4) is 6.07 Å². The molecule has 0 bridgehead atoms. The number of allylic oxidation sites excluding steroid dienone is 3. The van der Waals surface area contributed by atoms with Crippen molar-refractivity contribution in [2.24, 2.45) is 5.92 Å².